The lowest BCUT2D eigenvalue weighted by atomic mass is 9.45. The van der Waals surface area contributed by atoms with Gasteiger partial charge in [0.15, 0.2) is 0 Å². The van der Waals surface area contributed by atoms with Crippen molar-refractivity contribution in [3.8, 4) is 5.69 Å². The number of hydrogen-bond donors (Lipinski definition) is 1. The zero-order valence-electron chi connectivity index (χ0n) is 19.0. The maximum Gasteiger partial charge on any atom is 0.287 e. The monoisotopic (exact) mass is 498 g/mol. The molecular formula is C25H31BrN4O2. The van der Waals surface area contributed by atoms with E-state index in [4.69, 9.17) is 0 Å². The molecule has 1 aromatic heterocycles. The van der Waals surface area contributed by atoms with Crippen molar-refractivity contribution in [3.05, 3.63) is 50.9 Å². The van der Waals surface area contributed by atoms with Gasteiger partial charge in [0, 0.05) is 24.7 Å². The predicted octanol–water partition coefficient (Wildman–Crippen LogP) is 4.71. The van der Waals surface area contributed by atoms with E-state index in [1.165, 1.54) is 11.1 Å². The Bertz CT molecular complexity index is 1090. The van der Waals surface area contributed by atoms with Crippen molar-refractivity contribution in [2.45, 2.75) is 52.5 Å². The van der Waals surface area contributed by atoms with E-state index in [0.29, 0.717) is 33.1 Å². The lowest BCUT2D eigenvalue weighted by molar-refractivity contribution is -0.105. The summed E-state index contributed by atoms with van der Waals surface area (Å²) in [6.45, 7) is 8.75. The highest BCUT2D eigenvalue weighted by molar-refractivity contribution is 9.10. The lowest BCUT2D eigenvalue weighted by Gasteiger charge is -2.62. The van der Waals surface area contributed by atoms with Crippen LogP contribution in [0, 0.1) is 23.2 Å². The summed E-state index contributed by atoms with van der Waals surface area (Å²) >= 11 is 3.51. The molecular weight excluding hydrogens is 468 g/mol. The lowest BCUT2D eigenvalue weighted by Crippen LogP contribution is -2.58. The van der Waals surface area contributed by atoms with Crippen LogP contribution in [0.4, 0.5) is 5.69 Å². The number of nitrogens with one attached hydrogen (secondary N) is 1. The summed E-state index contributed by atoms with van der Waals surface area (Å²) in [5, 5.41) is 8.03. The van der Waals surface area contributed by atoms with Crippen molar-refractivity contribution < 1.29 is 4.79 Å². The normalized spacial score (nSPS) is 28.3. The maximum absolute atomic E-state index is 13.1. The van der Waals surface area contributed by atoms with Gasteiger partial charge in [-0.1, -0.05) is 20.8 Å². The minimum Gasteiger partial charge on any atom is -0.380 e. The number of likely N-dealkylation sites (tertiary alicyclic amines) is 1. The number of nitrogens with zero attached hydrogens (tertiary/aromatic N) is 3. The predicted molar refractivity (Wildman–Crippen MR) is 129 cm³/mol. The highest BCUT2D eigenvalue weighted by atomic mass is 79.9. The van der Waals surface area contributed by atoms with E-state index in [1.807, 2.05) is 4.90 Å². The average Bonchev–Trinajstić information content (AvgIpc) is 3.32. The fourth-order valence-corrected chi connectivity index (χ4v) is 6.49. The molecule has 1 amide bonds. The Morgan fingerprint density at radius 3 is 2.47 bits per heavy atom. The second-order valence-electron chi connectivity index (χ2n) is 10.3. The highest BCUT2D eigenvalue weighted by Gasteiger charge is 2.56. The van der Waals surface area contributed by atoms with Crippen LogP contribution in [-0.4, -0.2) is 39.7 Å². The molecule has 2 bridgehead atoms. The molecule has 7 heteroatoms. The molecule has 1 saturated heterocycles. The third-order valence-electron chi connectivity index (χ3n) is 8.37. The van der Waals surface area contributed by atoms with Crippen LogP contribution >= 0.6 is 15.9 Å². The number of fused-ring (bicyclic) bond motifs is 2. The van der Waals surface area contributed by atoms with Gasteiger partial charge in [-0.3, -0.25) is 9.59 Å². The van der Waals surface area contributed by atoms with Crippen molar-refractivity contribution in [1.82, 2.24) is 14.7 Å². The van der Waals surface area contributed by atoms with E-state index in [0.717, 1.165) is 49.9 Å². The van der Waals surface area contributed by atoms with Crippen molar-refractivity contribution in [2.75, 3.05) is 18.4 Å². The molecule has 2 heterocycles. The van der Waals surface area contributed by atoms with Gasteiger partial charge in [0.05, 0.1) is 17.6 Å². The van der Waals surface area contributed by atoms with E-state index in [9.17, 15) is 9.59 Å². The van der Waals surface area contributed by atoms with E-state index in [1.54, 1.807) is 30.5 Å². The summed E-state index contributed by atoms with van der Waals surface area (Å²) in [6, 6.07) is 7.49. The van der Waals surface area contributed by atoms with Crippen LogP contribution in [0.15, 0.2) is 39.7 Å². The molecule has 6 rings (SSSR count). The number of aromatic nitrogens is 2. The van der Waals surface area contributed by atoms with Crippen molar-refractivity contribution in [2.24, 2.45) is 23.2 Å². The number of halogens is 1. The smallest absolute Gasteiger partial charge is 0.287 e. The van der Waals surface area contributed by atoms with Crippen LogP contribution in [0.5, 0.6) is 0 Å². The third kappa shape index (κ3) is 3.49. The Morgan fingerprint density at radius 2 is 1.84 bits per heavy atom. The average molecular weight is 499 g/mol. The summed E-state index contributed by atoms with van der Waals surface area (Å²) in [5.41, 5.74) is 2.27. The van der Waals surface area contributed by atoms with Gasteiger partial charge in [0.25, 0.3) is 11.5 Å². The zero-order valence-corrected chi connectivity index (χ0v) is 20.6. The van der Waals surface area contributed by atoms with Gasteiger partial charge in [0.2, 0.25) is 0 Å². The number of benzene rings is 1. The molecule has 4 fully saturated rings. The van der Waals surface area contributed by atoms with Gasteiger partial charge in [-0.25, -0.2) is 0 Å². The molecule has 1 aromatic carbocycles. The van der Waals surface area contributed by atoms with Crippen LogP contribution < -0.4 is 10.9 Å². The number of hydrogen-bond acceptors (Lipinski definition) is 4. The van der Waals surface area contributed by atoms with Crippen LogP contribution in [0.25, 0.3) is 5.69 Å². The first kappa shape index (κ1) is 21.7. The van der Waals surface area contributed by atoms with Crippen LogP contribution in [0.2, 0.25) is 0 Å². The van der Waals surface area contributed by atoms with E-state index >= 15 is 0 Å². The Labute approximate surface area is 197 Å². The standard InChI is InChI=1S/C25H31BrN4O2/c1-15-19-12-17(25(19,2)3)13-20(15)28-21-14-27-30(24(32)22(21)26)18-8-6-16(7-9-18)23(31)29-10-4-5-11-29/h6-9,14-15,17,19-20,28H,4-5,10-13H2,1-3H3/t15-,17-,19+,20-/m1/s1. The Morgan fingerprint density at radius 1 is 1.16 bits per heavy atom. The fourth-order valence-electron chi connectivity index (χ4n) is 6.11. The first-order valence-electron chi connectivity index (χ1n) is 11.7. The molecule has 6 nitrogen and oxygen atoms in total. The van der Waals surface area contributed by atoms with Gasteiger partial charge < -0.3 is 10.2 Å². The Hall–Kier alpha value is -2.15. The van der Waals surface area contributed by atoms with Gasteiger partial charge in [0.1, 0.15) is 4.47 Å². The molecule has 4 atom stereocenters. The summed E-state index contributed by atoms with van der Waals surface area (Å²) < 4.78 is 1.87. The van der Waals surface area contributed by atoms with Crippen LogP contribution in [-0.2, 0) is 0 Å². The van der Waals surface area contributed by atoms with Gasteiger partial charge in [-0.2, -0.15) is 9.78 Å². The van der Waals surface area contributed by atoms with Gasteiger partial charge >= 0.3 is 0 Å². The fraction of sp³-hybridized carbons (Fsp3) is 0.560. The van der Waals surface area contributed by atoms with Gasteiger partial charge in [-0.05, 0) is 89.0 Å². The summed E-state index contributed by atoms with van der Waals surface area (Å²) in [7, 11) is 0. The third-order valence-corrected chi connectivity index (χ3v) is 9.13. The minimum absolute atomic E-state index is 0.0536. The maximum atomic E-state index is 13.1. The van der Waals surface area contributed by atoms with Crippen LogP contribution in [0.1, 0.15) is 56.8 Å². The molecule has 3 aliphatic carbocycles. The first-order valence-corrected chi connectivity index (χ1v) is 12.5. The molecule has 0 spiro atoms. The molecule has 4 aliphatic rings. The molecule has 0 unspecified atom stereocenters. The zero-order chi connectivity index (χ0) is 22.6. The van der Waals surface area contributed by atoms with E-state index < -0.39 is 0 Å². The number of anilines is 1. The van der Waals surface area contributed by atoms with Crippen molar-refractivity contribution >= 4 is 27.5 Å². The molecule has 3 saturated carbocycles. The highest BCUT2D eigenvalue weighted by Crippen LogP contribution is 2.61. The van der Waals surface area contributed by atoms with E-state index in [2.05, 4.69) is 47.1 Å². The number of carbonyl (C=O) groups excluding carboxylic acids is 1. The molecule has 2 aromatic rings. The minimum atomic E-state index is -0.206. The number of carbonyl (C=O) groups is 1. The molecule has 0 radical (unpaired) electrons. The summed E-state index contributed by atoms with van der Waals surface area (Å²) in [4.78, 5) is 27.5. The quantitative estimate of drug-likeness (QED) is 0.662. The van der Waals surface area contributed by atoms with E-state index in [-0.39, 0.29) is 11.5 Å². The number of amides is 1. The molecule has 32 heavy (non-hydrogen) atoms. The summed E-state index contributed by atoms with van der Waals surface area (Å²) in [6.07, 6.45) is 6.32. The van der Waals surface area contributed by atoms with Crippen molar-refractivity contribution in [3.63, 3.8) is 0 Å². The van der Waals surface area contributed by atoms with Gasteiger partial charge in [-0.15, -0.1) is 0 Å². The molecule has 1 N–H and O–H groups in total. The Kier molecular flexibility index (Phi) is 5.43. The second kappa shape index (κ2) is 8.01. The first-order chi connectivity index (χ1) is 15.3. The van der Waals surface area contributed by atoms with Crippen LogP contribution in [0.3, 0.4) is 0 Å². The van der Waals surface area contributed by atoms with Crippen molar-refractivity contribution in [1.29, 1.82) is 0 Å². The largest absolute Gasteiger partial charge is 0.380 e. The topological polar surface area (TPSA) is 67.2 Å². The molecule has 1 aliphatic heterocycles. The summed E-state index contributed by atoms with van der Waals surface area (Å²) in [5.74, 6) is 2.09. The Balaban J connectivity index is 1.33. The SMILES string of the molecule is C[C@H]1[C@H](Nc2cnn(-c3ccc(C(=O)N4CCCC4)cc3)c(=O)c2Br)C[C@H]2C[C@@H]1C2(C)C. The molecule has 170 valence electrons. The second-order valence-corrected chi connectivity index (χ2v) is 11.1. The number of rotatable bonds is 4.